The van der Waals surface area contributed by atoms with Crippen LogP contribution in [0.15, 0.2) is 42.5 Å². The molecule has 2 bridgehead atoms. The Kier molecular flexibility index (Phi) is 5.17. The van der Waals surface area contributed by atoms with Crippen molar-refractivity contribution >= 4 is 5.97 Å². The number of aromatic hydroxyl groups is 1. The molecule has 3 atom stereocenters. The van der Waals surface area contributed by atoms with Crippen molar-refractivity contribution < 1.29 is 19.7 Å². The minimum atomic E-state index is -0.929. The van der Waals surface area contributed by atoms with Crippen LogP contribution in [-0.4, -0.2) is 46.8 Å². The first-order chi connectivity index (χ1) is 15.0. The number of nitrogens with zero attached hydrogens (tertiary/aromatic N) is 1. The fourth-order valence-corrected chi connectivity index (χ4v) is 5.93. The number of carboxylic acid groups (broad SMARTS) is 1. The number of carbonyl (C=O) groups is 1. The summed E-state index contributed by atoms with van der Waals surface area (Å²) >= 11 is 0. The van der Waals surface area contributed by atoms with Gasteiger partial charge >= 0.3 is 5.97 Å². The molecule has 2 aromatic rings. The van der Waals surface area contributed by atoms with Gasteiger partial charge in [0.05, 0.1) is 12.2 Å². The molecule has 2 N–H and O–H groups in total. The summed E-state index contributed by atoms with van der Waals surface area (Å²) in [5.74, 6) is 1.49. The van der Waals surface area contributed by atoms with Gasteiger partial charge in [0.2, 0.25) is 0 Å². The molecule has 3 aliphatic rings. The molecule has 2 fully saturated rings. The normalized spacial score (nSPS) is 27.5. The molecule has 31 heavy (non-hydrogen) atoms. The average Bonchev–Trinajstić information content (AvgIpc) is 3.57. The van der Waals surface area contributed by atoms with Gasteiger partial charge in [0.1, 0.15) is 11.5 Å². The maximum atomic E-state index is 11.1. The molecule has 0 amide bonds. The van der Waals surface area contributed by atoms with Crippen molar-refractivity contribution in [2.24, 2.45) is 11.8 Å². The molecule has 164 valence electrons. The summed E-state index contributed by atoms with van der Waals surface area (Å²) in [4.78, 5) is 13.8. The molecule has 1 saturated carbocycles. The highest BCUT2D eigenvalue weighted by atomic mass is 16.5. The topological polar surface area (TPSA) is 70.0 Å². The summed E-state index contributed by atoms with van der Waals surface area (Å²) in [5, 5.41) is 19.3. The molecule has 2 aromatic carbocycles. The van der Waals surface area contributed by atoms with E-state index in [2.05, 4.69) is 17.9 Å². The van der Waals surface area contributed by atoms with Crippen molar-refractivity contribution in [2.45, 2.75) is 50.5 Å². The lowest BCUT2D eigenvalue weighted by molar-refractivity contribution is 0.00988. The maximum absolute atomic E-state index is 11.1. The minimum Gasteiger partial charge on any atom is -0.508 e. The van der Waals surface area contributed by atoms with Gasteiger partial charge in [-0.25, -0.2) is 4.79 Å². The fourth-order valence-electron chi connectivity index (χ4n) is 5.93. The Labute approximate surface area is 183 Å². The first kappa shape index (κ1) is 20.4. The number of likely N-dealkylation sites (tertiary alicyclic amines) is 1. The van der Waals surface area contributed by atoms with Crippen LogP contribution < -0.4 is 4.74 Å². The molecule has 1 aliphatic heterocycles. The summed E-state index contributed by atoms with van der Waals surface area (Å²) < 4.78 is 6.06. The van der Waals surface area contributed by atoms with Crippen LogP contribution in [0.5, 0.6) is 11.5 Å². The van der Waals surface area contributed by atoms with Crippen molar-refractivity contribution in [3.63, 3.8) is 0 Å². The first-order valence-electron chi connectivity index (χ1n) is 11.5. The van der Waals surface area contributed by atoms with Crippen molar-refractivity contribution in [1.82, 2.24) is 4.90 Å². The summed E-state index contributed by atoms with van der Waals surface area (Å²) in [6, 6.07) is 13.1. The third-order valence-corrected chi connectivity index (χ3v) is 7.93. The van der Waals surface area contributed by atoms with Gasteiger partial charge in [0.15, 0.2) is 0 Å². The molecular formula is C26H31NO4. The number of hydrogen-bond donors (Lipinski definition) is 2. The predicted molar refractivity (Wildman–Crippen MR) is 119 cm³/mol. The zero-order chi connectivity index (χ0) is 21.6. The van der Waals surface area contributed by atoms with Crippen LogP contribution in [0.4, 0.5) is 0 Å². The second kappa shape index (κ2) is 7.86. The van der Waals surface area contributed by atoms with Gasteiger partial charge in [-0.05, 0) is 98.0 Å². The van der Waals surface area contributed by atoms with Crippen LogP contribution in [0.3, 0.4) is 0 Å². The number of phenolic OH excluding ortho intramolecular Hbond substituents is 1. The van der Waals surface area contributed by atoms with E-state index in [-0.39, 0.29) is 11.0 Å². The Bertz CT molecular complexity index is 968. The van der Waals surface area contributed by atoms with E-state index in [1.54, 1.807) is 24.3 Å². The highest BCUT2D eigenvalue weighted by Gasteiger charge is 2.51. The number of piperidine rings is 1. The number of ether oxygens (including phenoxy) is 1. The smallest absolute Gasteiger partial charge is 0.335 e. The quantitative estimate of drug-likeness (QED) is 0.690. The van der Waals surface area contributed by atoms with Gasteiger partial charge < -0.3 is 14.9 Å². The number of carboxylic acids is 1. The molecule has 5 rings (SSSR count). The molecule has 0 spiro atoms. The van der Waals surface area contributed by atoms with E-state index in [0.29, 0.717) is 30.1 Å². The Morgan fingerprint density at radius 2 is 1.97 bits per heavy atom. The Hall–Kier alpha value is -2.53. The van der Waals surface area contributed by atoms with E-state index < -0.39 is 5.97 Å². The monoisotopic (exact) mass is 421 g/mol. The predicted octanol–water partition coefficient (Wildman–Crippen LogP) is 4.47. The van der Waals surface area contributed by atoms with Crippen LogP contribution in [0.1, 0.15) is 54.1 Å². The molecular weight excluding hydrogens is 390 g/mol. The van der Waals surface area contributed by atoms with Crippen molar-refractivity contribution in [1.29, 1.82) is 0 Å². The lowest BCUT2D eigenvalue weighted by Crippen LogP contribution is -2.59. The zero-order valence-electron chi connectivity index (χ0n) is 18.1. The number of aromatic carboxylic acids is 1. The Morgan fingerprint density at radius 3 is 2.68 bits per heavy atom. The van der Waals surface area contributed by atoms with Gasteiger partial charge in [-0.3, -0.25) is 4.90 Å². The second-order valence-electron chi connectivity index (χ2n) is 9.67. The lowest BCUT2D eigenvalue weighted by Gasteiger charge is -2.56. The third-order valence-electron chi connectivity index (χ3n) is 7.93. The molecule has 0 aromatic heterocycles. The molecule has 0 radical (unpaired) electrons. The summed E-state index contributed by atoms with van der Waals surface area (Å²) in [6.45, 7) is 5.29. The van der Waals surface area contributed by atoms with Crippen LogP contribution >= 0.6 is 0 Å². The fraction of sp³-hybridized carbons (Fsp3) is 0.500. The van der Waals surface area contributed by atoms with Crippen molar-refractivity contribution in [2.75, 3.05) is 19.7 Å². The highest BCUT2D eigenvalue weighted by Crippen LogP contribution is 2.52. The average molecular weight is 422 g/mol. The first-order valence-corrected chi connectivity index (χ1v) is 11.5. The van der Waals surface area contributed by atoms with Crippen LogP contribution in [0, 0.1) is 11.8 Å². The van der Waals surface area contributed by atoms with E-state index in [4.69, 9.17) is 9.84 Å². The van der Waals surface area contributed by atoms with Crippen molar-refractivity contribution in [3.05, 3.63) is 59.2 Å². The molecule has 1 heterocycles. The molecule has 5 nitrogen and oxygen atoms in total. The standard InChI is InChI=1S/C26H31NO4/c1-17-24-14-20-4-7-21(28)15-23(20)26(17,10-12-27(24)16-18-2-3-18)11-13-31-22-8-5-19(6-9-22)25(29)30/h4-9,15,17-18,24,28H,2-3,10-14,16H2,1H3,(H,29,30)/t17-,24+,26?/m0/s1. The number of phenols is 1. The number of benzene rings is 2. The van der Waals surface area contributed by atoms with Crippen LogP contribution in [0.2, 0.25) is 0 Å². The van der Waals surface area contributed by atoms with E-state index >= 15 is 0 Å². The number of rotatable bonds is 7. The maximum Gasteiger partial charge on any atom is 0.335 e. The minimum absolute atomic E-state index is 0.00194. The van der Waals surface area contributed by atoms with Gasteiger partial charge in [0, 0.05) is 18.0 Å². The Balaban J connectivity index is 1.37. The molecule has 5 heteroatoms. The van der Waals surface area contributed by atoms with Gasteiger partial charge in [-0.2, -0.15) is 0 Å². The highest BCUT2D eigenvalue weighted by molar-refractivity contribution is 5.87. The number of fused-ring (bicyclic) bond motifs is 4. The molecule has 1 unspecified atom stereocenters. The van der Waals surface area contributed by atoms with Crippen molar-refractivity contribution in [3.8, 4) is 11.5 Å². The molecule has 1 saturated heterocycles. The Morgan fingerprint density at radius 1 is 1.19 bits per heavy atom. The SMILES string of the molecule is C[C@H]1[C@H]2Cc3ccc(O)cc3C1(CCOc1ccc(C(=O)O)cc1)CCN2CC1CC1. The van der Waals surface area contributed by atoms with Gasteiger partial charge in [-0.15, -0.1) is 0 Å². The number of hydrogen-bond acceptors (Lipinski definition) is 4. The van der Waals surface area contributed by atoms with E-state index in [9.17, 15) is 9.90 Å². The summed E-state index contributed by atoms with van der Waals surface area (Å²) in [7, 11) is 0. The molecule has 2 aliphatic carbocycles. The van der Waals surface area contributed by atoms with E-state index in [1.807, 2.05) is 12.1 Å². The van der Waals surface area contributed by atoms with E-state index in [0.717, 1.165) is 31.7 Å². The third kappa shape index (κ3) is 3.80. The summed E-state index contributed by atoms with van der Waals surface area (Å²) in [6.07, 6.45) is 5.78. The van der Waals surface area contributed by atoms with E-state index in [1.165, 1.54) is 30.5 Å². The lowest BCUT2D eigenvalue weighted by atomic mass is 9.56. The van der Waals surface area contributed by atoms with Crippen LogP contribution in [0.25, 0.3) is 0 Å². The van der Waals surface area contributed by atoms with Gasteiger partial charge in [-0.1, -0.05) is 13.0 Å². The summed E-state index contributed by atoms with van der Waals surface area (Å²) in [5.41, 5.74) is 2.93. The second-order valence-corrected chi connectivity index (χ2v) is 9.67. The largest absolute Gasteiger partial charge is 0.508 e. The van der Waals surface area contributed by atoms with Crippen LogP contribution in [-0.2, 0) is 11.8 Å². The zero-order valence-corrected chi connectivity index (χ0v) is 18.1. The van der Waals surface area contributed by atoms with Gasteiger partial charge in [0.25, 0.3) is 0 Å².